The minimum Gasteiger partial charge on any atom is -0.313 e. The van der Waals surface area contributed by atoms with Crippen molar-refractivity contribution in [3.05, 3.63) is 0 Å². The molecule has 4 nitrogen and oxygen atoms in total. The first-order chi connectivity index (χ1) is 6.49. The Bertz CT molecular complexity index is 227. The molecule has 0 spiro atoms. The Balaban J connectivity index is 3.52. The minimum atomic E-state index is -3.03. The van der Waals surface area contributed by atoms with Gasteiger partial charge in [-0.3, -0.25) is 0 Å². The summed E-state index contributed by atoms with van der Waals surface area (Å²) in [6.07, 6.45) is 4.57. The van der Waals surface area contributed by atoms with Crippen LogP contribution in [0.4, 0.5) is 0 Å². The van der Waals surface area contributed by atoms with Crippen LogP contribution in [0.15, 0.2) is 0 Å². The molecule has 0 fully saturated rings. The Hall–Kier alpha value is -0.130. The predicted octanol–water partition coefficient (Wildman–Crippen LogP) is 0.704. The highest BCUT2D eigenvalue weighted by Crippen LogP contribution is 1.99. The maximum Gasteiger partial charge on any atom is 0.208 e. The van der Waals surface area contributed by atoms with E-state index in [9.17, 15) is 8.42 Å². The van der Waals surface area contributed by atoms with Crippen LogP contribution in [0.2, 0.25) is 0 Å². The van der Waals surface area contributed by atoms with E-state index in [4.69, 9.17) is 0 Å². The lowest BCUT2D eigenvalue weighted by molar-refractivity contribution is 0.465. The molecule has 1 atom stereocenters. The highest BCUT2D eigenvalue weighted by atomic mass is 32.2. The van der Waals surface area contributed by atoms with E-state index in [1.807, 2.05) is 0 Å². The average molecular weight is 222 g/mol. The van der Waals surface area contributed by atoms with E-state index in [2.05, 4.69) is 23.9 Å². The molecule has 0 radical (unpaired) electrons. The molecular formula is C9H22N2O2S. The third-order valence-electron chi connectivity index (χ3n) is 2.05. The van der Waals surface area contributed by atoms with Crippen molar-refractivity contribution in [2.24, 2.45) is 0 Å². The van der Waals surface area contributed by atoms with Crippen LogP contribution in [0.25, 0.3) is 0 Å². The third-order valence-corrected chi connectivity index (χ3v) is 2.78. The van der Waals surface area contributed by atoms with Crippen LogP contribution >= 0.6 is 0 Å². The third kappa shape index (κ3) is 8.47. The molecule has 0 aromatic heterocycles. The van der Waals surface area contributed by atoms with Crippen molar-refractivity contribution in [2.75, 3.05) is 19.3 Å². The SMILES string of the molecule is CCCC(CC)NCCNS(C)(=O)=O. The van der Waals surface area contributed by atoms with Crippen LogP contribution in [0.5, 0.6) is 0 Å². The maximum atomic E-state index is 10.7. The fraction of sp³-hybridized carbons (Fsp3) is 1.00. The van der Waals surface area contributed by atoms with Crippen LogP contribution in [0, 0.1) is 0 Å². The van der Waals surface area contributed by atoms with E-state index in [1.54, 1.807) is 0 Å². The molecule has 5 heteroatoms. The molecule has 0 heterocycles. The largest absolute Gasteiger partial charge is 0.313 e. The van der Waals surface area contributed by atoms with Gasteiger partial charge in [0, 0.05) is 19.1 Å². The van der Waals surface area contributed by atoms with Crippen molar-refractivity contribution in [1.82, 2.24) is 10.0 Å². The second kappa shape index (κ2) is 7.20. The molecule has 0 aliphatic carbocycles. The van der Waals surface area contributed by atoms with Gasteiger partial charge in [-0.15, -0.1) is 0 Å². The average Bonchev–Trinajstić information content (AvgIpc) is 2.08. The van der Waals surface area contributed by atoms with E-state index < -0.39 is 10.0 Å². The Morgan fingerprint density at radius 3 is 2.29 bits per heavy atom. The van der Waals surface area contributed by atoms with E-state index in [-0.39, 0.29) is 0 Å². The summed E-state index contributed by atoms with van der Waals surface area (Å²) < 4.78 is 23.9. The topological polar surface area (TPSA) is 58.2 Å². The predicted molar refractivity (Wildman–Crippen MR) is 59.8 cm³/mol. The summed E-state index contributed by atoms with van der Waals surface area (Å²) in [5.74, 6) is 0. The fourth-order valence-electron chi connectivity index (χ4n) is 1.31. The molecule has 2 N–H and O–H groups in total. The van der Waals surface area contributed by atoms with E-state index in [0.717, 1.165) is 19.3 Å². The van der Waals surface area contributed by atoms with Gasteiger partial charge in [-0.2, -0.15) is 0 Å². The Labute approximate surface area is 87.5 Å². The maximum absolute atomic E-state index is 10.7. The number of rotatable bonds is 8. The van der Waals surface area contributed by atoms with Gasteiger partial charge in [0.15, 0.2) is 0 Å². The first-order valence-corrected chi connectivity index (χ1v) is 7.06. The van der Waals surface area contributed by atoms with Gasteiger partial charge in [-0.1, -0.05) is 20.3 Å². The highest BCUT2D eigenvalue weighted by Gasteiger charge is 2.04. The van der Waals surface area contributed by atoms with Crippen molar-refractivity contribution in [2.45, 2.75) is 39.2 Å². The first-order valence-electron chi connectivity index (χ1n) is 5.17. The van der Waals surface area contributed by atoms with E-state index >= 15 is 0 Å². The second-order valence-electron chi connectivity index (χ2n) is 3.51. The summed E-state index contributed by atoms with van der Waals surface area (Å²) in [4.78, 5) is 0. The number of hydrogen-bond donors (Lipinski definition) is 2. The summed E-state index contributed by atoms with van der Waals surface area (Å²) in [5.41, 5.74) is 0. The lowest BCUT2D eigenvalue weighted by atomic mass is 10.1. The van der Waals surface area contributed by atoms with Gasteiger partial charge < -0.3 is 5.32 Å². The van der Waals surface area contributed by atoms with Crippen molar-refractivity contribution >= 4 is 10.0 Å². The lowest BCUT2D eigenvalue weighted by Gasteiger charge is -2.15. The van der Waals surface area contributed by atoms with Gasteiger partial charge >= 0.3 is 0 Å². The second-order valence-corrected chi connectivity index (χ2v) is 5.35. The fourth-order valence-corrected chi connectivity index (χ4v) is 1.78. The minimum absolute atomic E-state index is 0.471. The van der Waals surface area contributed by atoms with E-state index in [0.29, 0.717) is 19.1 Å². The van der Waals surface area contributed by atoms with E-state index in [1.165, 1.54) is 6.26 Å². The molecule has 0 bridgehead atoms. The molecule has 0 aliphatic rings. The summed E-state index contributed by atoms with van der Waals surface area (Å²) in [7, 11) is -3.03. The summed E-state index contributed by atoms with van der Waals surface area (Å²) >= 11 is 0. The molecule has 0 aromatic rings. The monoisotopic (exact) mass is 222 g/mol. The molecule has 0 saturated heterocycles. The van der Waals surface area contributed by atoms with Crippen molar-refractivity contribution < 1.29 is 8.42 Å². The molecule has 0 aromatic carbocycles. The van der Waals surface area contributed by atoms with Crippen molar-refractivity contribution in [1.29, 1.82) is 0 Å². The number of nitrogens with one attached hydrogen (secondary N) is 2. The summed E-state index contributed by atoms with van der Waals surface area (Å²) in [6, 6.07) is 0.515. The van der Waals surface area contributed by atoms with Crippen molar-refractivity contribution in [3.8, 4) is 0 Å². The molecule has 14 heavy (non-hydrogen) atoms. The Kier molecular flexibility index (Phi) is 7.13. The standard InChI is InChI=1S/C9H22N2O2S/c1-4-6-9(5-2)10-7-8-11-14(3,12)13/h9-11H,4-8H2,1-3H3. The molecular weight excluding hydrogens is 200 g/mol. The zero-order valence-corrected chi connectivity index (χ0v) is 10.2. The smallest absolute Gasteiger partial charge is 0.208 e. The van der Waals surface area contributed by atoms with Gasteiger partial charge in [-0.05, 0) is 12.8 Å². The lowest BCUT2D eigenvalue weighted by Crippen LogP contribution is -2.36. The highest BCUT2D eigenvalue weighted by molar-refractivity contribution is 7.88. The Morgan fingerprint density at radius 2 is 1.86 bits per heavy atom. The molecule has 86 valence electrons. The van der Waals surface area contributed by atoms with Gasteiger partial charge in [0.2, 0.25) is 10.0 Å². The molecule has 1 unspecified atom stereocenters. The zero-order valence-electron chi connectivity index (χ0n) is 9.34. The first kappa shape index (κ1) is 13.9. The van der Waals surface area contributed by atoms with Crippen LogP contribution in [-0.2, 0) is 10.0 Å². The van der Waals surface area contributed by atoms with Crippen LogP contribution in [0.1, 0.15) is 33.1 Å². The number of hydrogen-bond acceptors (Lipinski definition) is 3. The van der Waals surface area contributed by atoms with Gasteiger partial charge in [0.1, 0.15) is 0 Å². The van der Waals surface area contributed by atoms with Crippen LogP contribution < -0.4 is 10.0 Å². The van der Waals surface area contributed by atoms with Gasteiger partial charge in [0.25, 0.3) is 0 Å². The quantitative estimate of drug-likeness (QED) is 0.595. The molecule has 0 rings (SSSR count). The van der Waals surface area contributed by atoms with Gasteiger partial charge in [0.05, 0.1) is 6.26 Å². The van der Waals surface area contributed by atoms with Crippen LogP contribution in [0.3, 0.4) is 0 Å². The van der Waals surface area contributed by atoms with Crippen molar-refractivity contribution in [3.63, 3.8) is 0 Å². The number of sulfonamides is 1. The molecule has 0 saturated carbocycles. The molecule has 0 aliphatic heterocycles. The molecule has 0 amide bonds. The van der Waals surface area contributed by atoms with Gasteiger partial charge in [-0.25, -0.2) is 13.1 Å². The normalized spacial score (nSPS) is 14.2. The summed E-state index contributed by atoms with van der Waals surface area (Å²) in [5, 5.41) is 3.32. The summed E-state index contributed by atoms with van der Waals surface area (Å²) in [6.45, 7) is 5.46. The van der Waals surface area contributed by atoms with Crippen LogP contribution in [-0.4, -0.2) is 33.8 Å². The Morgan fingerprint density at radius 1 is 1.21 bits per heavy atom. The zero-order chi connectivity index (χ0) is 11.0.